The Morgan fingerprint density at radius 1 is 0.882 bits per heavy atom. The van der Waals surface area contributed by atoms with Gasteiger partial charge in [-0.05, 0) is 29.3 Å². The molecule has 0 saturated carbocycles. The molecule has 0 aromatic heterocycles. The van der Waals surface area contributed by atoms with E-state index in [1.54, 1.807) is 29.2 Å². The van der Waals surface area contributed by atoms with Gasteiger partial charge in [0.2, 0.25) is 11.6 Å². The van der Waals surface area contributed by atoms with E-state index in [1.807, 2.05) is 24.3 Å². The lowest BCUT2D eigenvalue weighted by atomic mass is 10.1. The van der Waals surface area contributed by atoms with Crippen LogP contribution in [-0.4, -0.2) is 41.9 Å². The Balaban J connectivity index is 1.32. The first-order chi connectivity index (χ1) is 16.3. The van der Waals surface area contributed by atoms with Gasteiger partial charge < -0.3 is 9.64 Å². The summed E-state index contributed by atoms with van der Waals surface area (Å²) in [6.45, 7) is 2.95. The minimum Gasteiger partial charge on any atom is -0.483 e. The van der Waals surface area contributed by atoms with Crippen molar-refractivity contribution < 1.29 is 27.1 Å². The van der Waals surface area contributed by atoms with E-state index in [2.05, 4.69) is 4.90 Å². The number of halogens is 5. The fourth-order valence-electron chi connectivity index (χ4n) is 3.74. The molecule has 1 aliphatic heterocycles. The zero-order valence-electron chi connectivity index (χ0n) is 18.0. The molecule has 0 aliphatic carbocycles. The number of benzene rings is 3. The molecule has 0 bridgehead atoms. The Morgan fingerprint density at radius 3 is 2.12 bits per heavy atom. The summed E-state index contributed by atoms with van der Waals surface area (Å²) in [5, 5.41) is 0.720. The van der Waals surface area contributed by atoms with Crippen LogP contribution < -0.4 is 4.74 Å². The number of rotatable bonds is 6. The molecule has 4 nitrogen and oxygen atoms in total. The number of nitrogens with zero attached hydrogens (tertiary/aromatic N) is 2. The molecule has 1 amide bonds. The van der Waals surface area contributed by atoms with Gasteiger partial charge in [0.1, 0.15) is 6.61 Å². The predicted octanol–water partition coefficient (Wildman–Crippen LogP) is 5.43. The van der Waals surface area contributed by atoms with Crippen molar-refractivity contribution in [2.24, 2.45) is 0 Å². The van der Waals surface area contributed by atoms with Crippen molar-refractivity contribution in [3.05, 3.63) is 99.6 Å². The fourth-order valence-corrected chi connectivity index (χ4v) is 3.93. The Morgan fingerprint density at radius 2 is 1.50 bits per heavy atom. The second kappa shape index (κ2) is 10.4. The quantitative estimate of drug-likeness (QED) is 0.340. The molecule has 4 rings (SSSR count). The average molecular weight is 493 g/mol. The minimum absolute atomic E-state index is 0.120. The van der Waals surface area contributed by atoms with Gasteiger partial charge in [0.15, 0.2) is 17.4 Å². The van der Waals surface area contributed by atoms with Crippen LogP contribution in [0.4, 0.5) is 17.6 Å². The normalized spacial score (nSPS) is 14.3. The molecule has 3 aromatic rings. The third-order valence-electron chi connectivity index (χ3n) is 5.67. The van der Waals surface area contributed by atoms with E-state index in [4.69, 9.17) is 16.3 Å². The number of carbonyl (C=O) groups is 1. The van der Waals surface area contributed by atoms with Crippen molar-refractivity contribution in [1.29, 1.82) is 0 Å². The molecule has 0 spiro atoms. The van der Waals surface area contributed by atoms with Gasteiger partial charge in [-0.15, -0.1) is 0 Å². The number of hydrogen-bond donors (Lipinski definition) is 0. The van der Waals surface area contributed by atoms with E-state index in [9.17, 15) is 22.4 Å². The molecule has 1 fully saturated rings. The molecule has 9 heteroatoms. The second-order valence-electron chi connectivity index (χ2n) is 7.94. The van der Waals surface area contributed by atoms with E-state index in [-0.39, 0.29) is 18.6 Å². The average Bonchev–Trinajstić information content (AvgIpc) is 2.85. The molecule has 0 atom stereocenters. The Bertz CT molecular complexity index is 1160. The first kappa shape index (κ1) is 24.0. The lowest BCUT2D eigenvalue weighted by Gasteiger charge is -2.35. The molecular formula is C25H21ClF4N2O2. The minimum atomic E-state index is -1.60. The molecule has 1 heterocycles. The maximum absolute atomic E-state index is 13.7. The fraction of sp³-hybridized carbons (Fsp3) is 0.240. The van der Waals surface area contributed by atoms with Gasteiger partial charge in [-0.3, -0.25) is 9.69 Å². The van der Waals surface area contributed by atoms with E-state index in [0.717, 1.165) is 10.6 Å². The van der Waals surface area contributed by atoms with Crippen LogP contribution in [0, 0.1) is 23.3 Å². The van der Waals surface area contributed by atoms with E-state index < -0.39 is 29.0 Å². The van der Waals surface area contributed by atoms with E-state index >= 15 is 0 Å². The first-order valence-electron chi connectivity index (χ1n) is 10.6. The van der Waals surface area contributed by atoms with Crippen molar-refractivity contribution in [3.63, 3.8) is 0 Å². The lowest BCUT2D eigenvalue weighted by Crippen LogP contribution is -2.48. The van der Waals surface area contributed by atoms with Gasteiger partial charge in [0, 0.05) is 49.4 Å². The van der Waals surface area contributed by atoms with Gasteiger partial charge in [-0.1, -0.05) is 41.9 Å². The number of piperazine rings is 1. The lowest BCUT2D eigenvalue weighted by molar-refractivity contribution is 0.0628. The number of hydrogen-bond acceptors (Lipinski definition) is 3. The largest absolute Gasteiger partial charge is 0.483 e. The van der Waals surface area contributed by atoms with Crippen molar-refractivity contribution in [2.45, 2.75) is 13.2 Å². The maximum atomic E-state index is 13.7. The topological polar surface area (TPSA) is 32.8 Å². The molecule has 0 unspecified atom stereocenters. The Kier molecular flexibility index (Phi) is 7.38. The molecule has 0 radical (unpaired) electrons. The third kappa shape index (κ3) is 5.34. The monoisotopic (exact) mass is 492 g/mol. The summed E-state index contributed by atoms with van der Waals surface area (Å²) in [4.78, 5) is 16.8. The third-order valence-corrected chi connectivity index (χ3v) is 6.04. The smallest absolute Gasteiger partial charge is 0.253 e. The van der Waals surface area contributed by atoms with Crippen molar-refractivity contribution >= 4 is 17.5 Å². The molecule has 1 aliphatic rings. The zero-order valence-corrected chi connectivity index (χ0v) is 18.8. The van der Waals surface area contributed by atoms with Gasteiger partial charge in [-0.2, -0.15) is 8.78 Å². The number of amides is 1. The predicted molar refractivity (Wildman–Crippen MR) is 120 cm³/mol. The molecule has 3 aromatic carbocycles. The number of ether oxygens (including phenoxy) is 1. The van der Waals surface area contributed by atoms with Crippen molar-refractivity contribution in [2.75, 3.05) is 26.2 Å². The van der Waals surface area contributed by atoms with Gasteiger partial charge >= 0.3 is 0 Å². The van der Waals surface area contributed by atoms with Crippen LogP contribution in [0.25, 0.3) is 0 Å². The van der Waals surface area contributed by atoms with Gasteiger partial charge in [0.25, 0.3) is 5.91 Å². The van der Waals surface area contributed by atoms with Crippen molar-refractivity contribution in [3.8, 4) is 5.75 Å². The van der Waals surface area contributed by atoms with Crippen molar-refractivity contribution in [1.82, 2.24) is 9.80 Å². The van der Waals surface area contributed by atoms with Crippen LogP contribution in [0.2, 0.25) is 5.02 Å². The van der Waals surface area contributed by atoms with Crippen LogP contribution in [0.3, 0.4) is 0 Å². The van der Waals surface area contributed by atoms with E-state index in [0.29, 0.717) is 43.9 Å². The maximum Gasteiger partial charge on any atom is 0.253 e. The summed E-state index contributed by atoms with van der Waals surface area (Å²) in [5.41, 5.74) is 1.98. The van der Waals surface area contributed by atoms with Gasteiger partial charge in [0.05, 0.1) is 0 Å². The van der Waals surface area contributed by atoms with Gasteiger partial charge in [-0.25, -0.2) is 8.78 Å². The van der Waals surface area contributed by atoms with Crippen LogP contribution in [0.1, 0.15) is 21.5 Å². The summed E-state index contributed by atoms with van der Waals surface area (Å²) in [7, 11) is 0. The number of carbonyl (C=O) groups excluding carboxylic acids is 1. The highest BCUT2D eigenvalue weighted by Crippen LogP contribution is 2.27. The first-order valence-corrected chi connectivity index (χ1v) is 11.0. The summed E-state index contributed by atoms with van der Waals surface area (Å²) >= 11 is 6.23. The highest BCUT2D eigenvalue weighted by Gasteiger charge is 2.23. The summed E-state index contributed by atoms with van der Waals surface area (Å²) in [6.07, 6.45) is 0. The van der Waals surface area contributed by atoms with Crippen LogP contribution in [0.15, 0.2) is 54.6 Å². The van der Waals surface area contributed by atoms with E-state index in [1.165, 1.54) is 0 Å². The standard InChI is InChI=1S/C25H21ClF4N2O2/c26-19-4-2-1-3-18(19)14-31-9-11-32(12-10-31)25(33)17-7-5-16(6-8-17)15-34-24-22(29)20(27)13-21(28)23(24)30/h1-8,13H,9-12,14-15H2. The Labute approximate surface area is 199 Å². The highest BCUT2D eigenvalue weighted by atomic mass is 35.5. The molecule has 34 heavy (non-hydrogen) atoms. The second-order valence-corrected chi connectivity index (χ2v) is 8.35. The molecule has 178 valence electrons. The highest BCUT2D eigenvalue weighted by molar-refractivity contribution is 6.31. The molecule has 0 N–H and O–H groups in total. The Hall–Kier alpha value is -3.10. The van der Waals surface area contributed by atoms with Crippen LogP contribution in [0.5, 0.6) is 5.75 Å². The molecular weight excluding hydrogens is 472 g/mol. The summed E-state index contributed by atoms with van der Waals surface area (Å²) in [6, 6.07) is 14.1. The summed E-state index contributed by atoms with van der Waals surface area (Å²) < 4.78 is 59.0. The van der Waals surface area contributed by atoms with Crippen LogP contribution >= 0.6 is 11.6 Å². The van der Waals surface area contributed by atoms with Crippen LogP contribution in [-0.2, 0) is 13.2 Å². The zero-order chi connectivity index (χ0) is 24.2. The SMILES string of the molecule is O=C(c1ccc(COc2c(F)c(F)cc(F)c2F)cc1)N1CCN(Cc2ccccc2Cl)CC1. The molecule has 1 saturated heterocycles. The summed E-state index contributed by atoms with van der Waals surface area (Å²) in [5.74, 6) is -7.52.